The number of fused-ring (bicyclic) bond motifs is 5. The topological polar surface area (TPSA) is 39.3 Å². The van der Waals surface area contributed by atoms with Gasteiger partial charge in [0.25, 0.3) is 0 Å². The predicted molar refractivity (Wildman–Crippen MR) is 80.7 cm³/mol. The number of aliphatic hydroxyl groups excluding tert-OH is 1. The molecule has 3 heteroatoms. The first-order valence-corrected chi connectivity index (χ1v) is 7.71. The number of nitrogens with one attached hydrogen (secondary N) is 1. The third-order valence-electron chi connectivity index (χ3n) is 5.60. The van der Waals surface area contributed by atoms with Crippen LogP contribution in [0.15, 0.2) is 24.3 Å². The fraction of sp³-hybridized carbons (Fsp3) is 0.529. The lowest BCUT2D eigenvalue weighted by molar-refractivity contribution is -0.0303. The Morgan fingerprint density at radius 1 is 1.35 bits per heavy atom. The van der Waals surface area contributed by atoms with E-state index in [0.717, 1.165) is 25.9 Å². The Hall–Kier alpha value is -1.32. The molecule has 2 atom stereocenters. The Bertz CT molecular complexity index is 647. The first kappa shape index (κ1) is 12.4. The van der Waals surface area contributed by atoms with Gasteiger partial charge in [0.05, 0.1) is 5.54 Å². The Kier molecular flexibility index (Phi) is 2.69. The molecule has 0 radical (unpaired) electrons. The summed E-state index contributed by atoms with van der Waals surface area (Å²) in [4.78, 5) is 6.25. The predicted octanol–water partition coefficient (Wildman–Crippen LogP) is 2.64. The van der Waals surface area contributed by atoms with Crippen molar-refractivity contribution >= 4 is 10.9 Å². The fourth-order valence-corrected chi connectivity index (χ4v) is 4.41. The second-order valence-corrected chi connectivity index (χ2v) is 6.43. The van der Waals surface area contributed by atoms with Crippen molar-refractivity contribution in [1.29, 1.82) is 0 Å². The molecule has 0 saturated carbocycles. The molecule has 2 aliphatic rings. The lowest BCUT2D eigenvalue weighted by Gasteiger charge is -2.52. The molecular formula is C17H22N2O. The van der Waals surface area contributed by atoms with Crippen molar-refractivity contribution in [1.82, 2.24) is 9.88 Å². The smallest absolute Gasteiger partial charge is 0.0636 e. The molecule has 0 spiro atoms. The van der Waals surface area contributed by atoms with E-state index in [-0.39, 0.29) is 12.1 Å². The zero-order valence-corrected chi connectivity index (χ0v) is 12.0. The van der Waals surface area contributed by atoms with Crippen LogP contribution in [0, 0.1) is 5.92 Å². The van der Waals surface area contributed by atoms with Gasteiger partial charge in [0.2, 0.25) is 0 Å². The van der Waals surface area contributed by atoms with Crippen molar-refractivity contribution in [2.75, 3.05) is 19.7 Å². The monoisotopic (exact) mass is 270 g/mol. The van der Waals surface area contributed by atoms with Crippen LogP contribution >= 0.6 is 0 Å². The van der Waals surface area contributed by atoms with E-state index < -0.39 is 0 Å². The van der Waals surface area contributed by atoms with Gasteiger partial charge in [0.1, 0.15) is 0 Å². The SMILES string of the molecule is C[C@]12c3[nH]c4ccccc4c3CCN1CCC[C@@H]2CO. The summed E-state index contributed by atoms with van der Waals surface area (Å²) < 4.78 is 0. The summed E-state index contributed by atoms with van der Waals surface area (Å²) in [6, 6.07) is 8.60. The average molecular weight is 270 g/mol. The number of rotatable bonds is 1. The third kappa shape index (κ3) is 1.48. The van der Waals surface area contributed by atoms with Gasteiger partial charge in [-0.05, 0) is 44.4 Å². The molecule has 2 N–H and O–H groups in total. The van der Waals surface area contributed by atoms with Gasteiger partial charge in [-0.1, -0.05) is 18.2 Å². The maximum Gasteiger partial charge on any atom is 0.0636 e. The summed E-state index contributed by atoms with van der Waals surface area (Å²) in [5.41, 5.74) is 4.03. The van der Waals surface area contributed by atoms with Gasteiger partial charge in [-0.15, -0.1) is 0 Å². The van der Waals surface area contributed by atoms with Crippen LogP contribution in [0.2, 0.25) is 0 Å². The zero-order valence-electron chi connectivity index (χ0n) is 12.0. The van der Waals surface area contributed by atoms with E-state index >= 15 is 0 Å². The molecule has 1 aromatic heterocycles. The van der Waals surface area contributed by atoms with Crippen molar-refractivity contribution in [3.63, 3.8) is 0 Å². The van der Waals surface area contributed by atoms with Crippen molar-refractivity contribution in [2.45, 2.75) is 31.7 Å². The van der Waals surface area contributed by atoms with Crippen LogP contribution < -0.4 is 0 Å². The van der Waals surface area contributed by atoms with Crippen LogP contribution in [0.3, 0.4) is 0 Å². The first-order chi connectivity index (χ1) is 9.75. The van der Waals surface area contributed by atoms with Crippen LogP contribution in [0.25, 0.3) is 10.9 Å². The highest BCUT2D eigenvalue weighted by molar-refractivity contribution is 5.85. The van der Waals surface area contributed by atoms with Crippen molar-refractivity contribution < 1.29 is 5.11 Å². The van der Waals surface area contributed by atoms with Crippen LogP contribution in [0.1, 0.15) is 31.0 Å². The minimum Gasteiger partial charge on any atom is -0.396 e. The van der Waals surface area contributed by atoms with Crippen molar-refractivity contribution in [2.24, 2.45) is 5.92 Å². The number of benzene rings is 1. The number of para-hydroxylation sites is 1. The molecule has 4 rings (SSSR count). The van der Waals surface area contributed by atoms with E-state index in [1.54, 1.807) is 0 Å². The van der Waals surface area contributed by atoms with E-state index in [1.807, 2.05) is 0 Å². The summed E-state index contributed by atoms with van der Waals surface area (Å²) in [5.74, 6) is 0.336. The molecule has 2 aliphatic heterocycles. The number of aromatic amines is 1. The molecule has 106 valence electrons. The maximum absolute atomic E-state index is 9.86. The van der Waals surface area contributed by atoms with E-state index in [9.17, 15) is 5.11 Å². The summed E-state index contributed by atoms with van der Waals surface area (Å²) >= 11 is 0. The second-order valence-electron chi connectivity index (χ2n) is 6.43. The van der Waals surface area contributed by atoms with Crippen LogP contribution in [0.4, 0.5) is 0 Å². The number of piperidine rings is 1. The molecule has 0 amide bonds. The Morgan fingerprint density at radius 3 is 3.05 bits per heavy atom. The molecule has 1 fully saturated rings. The minimum absolute atomic E-state index is 0.0282. The highest BCUT2D eigenvalue weighted by atomic mass is 16.3. The number of hydrogen-bond donors (Lipinski definition) is 2. The van der Waals surface area contributed by atoms with Crippen molar-refractivity contribution in [3.8, 4) is 0 Å². The van der Waals surface area contributed by atoms with E-state index in [0.29, 0.717) is 5.92 Å². The minimum atomic E-state index is -0.0282. The second kappa shape index (κ2) is 4.34. The van der Waals surface area contributed by atoms with Gasteiger partial charge in [-0.3, -0.25) is 4.90 Å². The average Bonchev–Trinajstić information content (AvgIpc) is 2.86. The van der Waals surface area contributed by atoms with Gasteiger partial charge < -0.3 is 10.1 Å². The molecule has 3 nitrogen and oxygen atoms in total. The van der Waals surface area contributed by atoms with Gasteiger partial charge in [0.15, 0.2) is 0 Å². The number of hydrogen-bond acceptors (Lipinski definition) is 2. The summed E-state index contributed by atoms with van der Waals surface area (Å²) in [6.07, 6.45) is 3.45. The van der Waals surface area contributed by atoms with Gasteiger partial charge >= 0.3 is 0 Å². The lowest BCUT2D eigenvalue weighted by Crippen LogP contribution is -2.57. The van der Waals surface area contributed by atoms with E-state index in [2.05, 4.69) is 41.1 Å². The van der Waals surface area contributed by atoms with Crippen LogP contribution in [-0.4, -0.2) is 34.7 Å². The molecule has 0 bridgehead atoms. The summed E-state index contributed by atoms with van der Waals surface area (Å²) in [5, 5.41) is 11.2. The molecule has 1 saturated heterocycles. The molecule has 1 aromatic carbocycles. The quantitative estimate of drug-likeness (QED) is 0.836. The first-order valence-electron chi connectivity index (χ1n) is 7.71. The zero-order chi connectivity index (χ0) is 13.7. The number of aromatic nitrogens is 1. The lowest BCUT2D eigenvalue weighted by atomic mass is 9.72. The molecule has 0 aliphatic carbocycles. The van der Waals surface area contributed by atoms with E-state index in [4.69, 9.17) is 0 Å². The van der Waals surface area contributed by atoms with E-state index in [1.165, 1.54) is 28.6 Å². The molecule has 0 unspecified atom stereocenters. The van der Waals surface area contributed by atoms with Crippen LogP contribution in [-0.2, 0) is 12.0 Å². The highest BCUT2D eigenvalue weighted by Gasteiger charge is 2.47. The van der Waals surface area contributed by atoms with Crippen LogP contribution in [0.5, 0.6) is 0 Å². The Labute approximate surface area is 119 Å². The Morgan fingerprint density at radius 2 is 2.20 bits per heavy atom. The van der Waals surface area contributed by atoms with Gasteiger partial charge in [-0.2, -0.15) is 0 Å². The largest absolute Gasteiger partial charge is 0.396 e. The number of nitrogens with zero attached hydrogens (tertiary/aromatic N) is 1. The standard InChI is InChI=1S/C17H22N2O/c1-17-12(11-20)5-4-9-19(17)10-8-14-13-6-2-3-7-15(13)18-16(14)17/h2-3,6-7,12,18,20H,4-5,8-11H2,1H3/t12-,17+/m1/s1. The highest BCUT2D eigenvalue weighted by Crippen LogP contribution is 2.46. The fourth-order valence-electron chi connectivity index (χ4n) is 4.41. The Balaban J connectivity index is 1.95. The molecule has 2 aromatic rings. The number of H-pyrrole nitrogens is 1. The van der Waals surface area contributed by atoms with Gasteiger partial charge in [0, 0.05) is 35.7 Å². The summed E-state index contributed by atoms with van der Waals surface area (Å²) in [7, 11) is 0. The molecule has 20 heavy (non-hydrogen) atoms. The number of aliphatic hydroxyl groups is 1. The molecule has 3 heterocycles. The van der Waals surface area contributed by atoms with Gasteiger partial charge in [-0.25, -0.2) is 0 Å². The molecular weight excluding hydrogens is 248 g/mol. The maximum atomic E-state index is 9.86. The summed E-state index contributed by atoms with van der Waals surface area (Å²) in [6.45, 7) is 4.87. The van der Waals surface area contributed by atoms with Crippen molar-refractivity contribution in [3.05, 3.63) is 35.5 Å². The third-order valence-corrected chi connectivity index (χ3v) is 5.60. The normalized spacial score (nSPS) is 30.2.